The molecule has 3 N–H and O–H groups in total. The quantitative estimate of drug-likeness (QED) is 0.657. The predicted molar refractivity (Wildman–Crippen MR) is 65.1 cm³/mol. The van der Waals surface area contributed by atoms with E-state index in [0.717, 1.165) is 12.1 Å². The lowest BCUT2D eigenvalue weighted by molar-refractivity contribution is 0.102. The first-order chi connectivity index (χ1) is 9.36. The number of carbonyl (C=O) groups excluding carboxylic acids is 1. The monoisotopic (exact) mass is 284 g/mol. The molecule has 0 aliphatic rings. The van der Waals surface area contributed by atoms with Crippen molar-refractivity contribution in [3.63, 3.8) is 0 Å². The minimum absolute atomic E-state index is 0.227. The number of rotatable bonds is 2. The molecule has 7 heteroatoms. The third kappa shape index (κ3) is 2.87. The molecule has 20 heavy (non-hydrogen) atoms. The Labute approximate surface area is 111 Å². The molecule has 0 atom stereocenters. The molecule has 2 aromatic rings. The van der Waals surface area contributed by atoms with Crippen LogP contribution in [0.4, 0.5) is 28.9 Å². The number of nitrogens with one attached hydrogen (secondary N) is 1. The van der Waals surface area contributed by atoms with Gasteiger partial charge < -0.3 is 11.1 Å². The van der Waals surface area contributed by atoms with E-state index >= 15 is 0 Å². The molecule has 0 aliphatic carbocycles. The molecule has 0 unspecified atom stereocenters. The van der Waals surface area contributed by atoms with Crippen LogP contribution in [0, 0.1) is 23.3 Å². The second-order valence-electron chi connectivity index (χ2n) is 3.97. The second kappa shape index (κ2) is 5.20. The molecule has 2 rings (SSSR count). The summed E-state index contributed by atoms with van der Waals surface area (Å²) in [5.74, 6) is -4.92. The van der Waals surface area contributed by atoms with Gasteiger partial charge in [0.25, 0.3) is 5.91 Å². The third-order valence-corrected chi connectivity index (χ3v) is 2.43. The fraction of sp³-hybridized carbons (Fsp3) is 0. The van der Waals surface area contributed by atoms with Gasteiger partial charge >= 0.3 is 0 Å². The van der Waals surface area contributed by atoms with Gasteiger partial charge in [0.1, 0.15) is 17.5 Å². The molecule has 0 bridgehead atoms. The summed E-state index contributed by atoms with van der Waals surface area (Å²) in [5, 5.41) is 2.05. The zero-order valence-electron chi connectivity index (χ0n) is 9.88. The summed E-state index contributed by atoms with van der Waals surface area (Å²) in [6.07, 6.45) is 0. The van der Waals surface area contributed by atoms with Crippen LogP contribution < -0.4 is 11.1 Å². The van der Waals surface area contributed by atoms with Crippen LogP contribution in [-0.2, 0) is 0 Å². The van der Waals surface area contributed by atoms with Crippen LogP contribution in [0.2, 0.25) is 0 Å². The maximum absolute atomic E-state index is 13.6. The molecule has 0 spiro atoms. The first kappa shape index (κ1) is 13.9. The Balaban J connectivity index is 2.33. The van der Waals surface area contributed by atoms with Crippen LogP contribution in [0.15, 0.2) is 30.3 Å². The van der Waals surface area contributed by atoms with E-state index in [9.17, 15) is 22.4 Å². The Bertz CT molecular complexity index is 668. The number of benzene rings is 2. The first-order valence-corrected chi connectivity index (χ1v) is 5.39. The van der Waals surface area contributed by atoms with E-state index in [1.54, 1.807) is 0 Å². The van der Waals surface area contributed by atoms with Crippen molar-refractivity contribution in [3.8, 4) is 0 Å². The van der Waals surface area contributed by atoms with Gasteiger partial charge in [-0.2, -0.15) is 0 Å². The summed E-state index contributed by atoms with van der Waals surface area (Å²) in [6, 6.07) is 3.63. The number of hydrogen-bond acceptors (Lipinski definition) is 2. The van der Waals surface area contributed by atoms with Gasteiger partial charge in [-0.15, -0.1) is 0 Å². The van der Waals surface area contributed by atoms with E-state index in [4.69, 9.17) is 5.73 Å². The normalized spacial score (nSPS) is 10.4. The van der Waals surface area contributed by atoms with E-state index in [1.807, 2.05) is 0 Å². The van der Waals surface area contributed by atoms with Gasteiger partial charge in [0, 0.05) is 11.8 Å². The maximum atomic E-state index is 13.6. The molecule has 0 aliphatic heterocycles. The largest absolute Gasteiger partial charge is 0.396 e. The Hall–Kier alpha value is -2.57. The molecule has 104 valence electrons. The standard InChI is InChI=1S/C13H8F4N2O/c14-6-1-7(15)3-9(2-6)19-13(20)10-4-8(16)5-11(18)12(10)17/h1-5H,18H2,(H,19,20). The van der Waals surface area contributed by atoms with E-state index < -0.39 is 40.4 Å². The lowest BCUT2D eigenvalue weighted by Crippen LogP contribution is -2.15. The van der Waals surface area contributed by atoms with Gasteiger partial charge in [-0.25, -0.2) is 17.6 Å². The molecule has 0 radical (unpaired) electrons. The van der Waals surface area contributed by atoms with Crippen molar-refractivity contribution in [1.82, 2.24) is 0 Å². The summed E-state index contributed by atoms with van der Waals surface area (Å²) < 4.78 is 52.6. The Morgan fingerprint density at radius 3 is 2.05 bits per heavy atom. The highest BCUT2D eigenvalue weighted by Gasteiger charge is 2.16. The van der Waals surface area contributed by atoms with Crippen molar-refractivity contribution in [2.24, 2.45) is 0 Å². The second-order valence-corrected chi connectivity index (χ2v) is 3.97. The van der Waals surface area contributed by atoms with Crippen molar-refractivity contribution in [1.29, 1.82) is 0 Å². The van der Waals surface area contributed by atoms with Crippen LogP contribution in [-0.4, -0.2) is 5.91 Å². The first-order valence-electron chi connectivity index (χ1n) is 5.39. The van der Waals surface area contributed by atoms with Gasteiger partial charge in [-0.3, -0.25) is 4.79 Å². The lowest BCUT2D eigenvalue weighted by atomic mass is 10.1. The van der Waals surface area contributed by atoms with Crippen LogP contribution in [0.3, 0.4) is 0 Å². The van der Waals surface area contributed by atoms with Crippen molar-refractivity contribution >= 4 is 17.3 Å². The molecule has 1 amide bonds. The van der Waals surface area contributed by atoms with Gasteiger partial charge in [0.15, 0.2) is 5.82 Å². The molecular formula is C13H8F4N2O. The number of halogens is 4. The van der Waals surface area contributed by atoms with Crippen LogP contribution in [0.1, 0.15) is 10.4 Å². The molecule has 0 heterocycles. The topological polar surface area (TPSA) is 55.1 Å². The van der Waals surface area contributed by atoms with Gasteiger partial charge in [0.05, 0.1) is 11.3 Å². The summed E-state index contributed by atoms with van der Waals surface area (Å²) in [5.41, 5.74) is 3.76. The highest BCUT2D eigenvalue weighted by molar-refractivity contribution is 6.05. The molecule has 0 saturated carbocycles. The summed E-state index contributed by atoms with van der Waals surface area (Å²) in [6.45, 7) is 0. The van der Waals surface area contributed by atoms with Crippen molar-refractivity contribution in [2.75, 3.05) is 11.1 Å². The van der Waals surface area contributed by atoms with E-state index in [1.165, 1.54) is 0 Å². The maximum Gasteiger partial charge on any atom is 0.258 e. The Morgan fingerprint density at radius 1 is 0.900 bits per heavy atom. The van der Waals surface area contributed by atoms with E-state index in [2.05, 4.69) is 5.32 Å². The summed E-state index contributed by atoms with van der Waals surface area (Å²) >= 11 is 0. The Morgan fingerprint density at radius 2 is 1.45 bits per heavy atom. The highest BCUT2D eigenvalue weighted by Crippen LogP contribution is 2.20. The summed E-state index contributed by atoms with van der Waals surface area (Å²) in [4.78, 5) is 11.7. The number of nitrogen functional groups attached to an aromatic ring is 1. The Kier molecular flexibility index (Phi) is 3.60. The van der Waals surface area contributed by atoms with Gasteiger partial charge in [0.2, 0.25) is 0 Å². The fourth-order valence-electron chi connectivity index (χ4n) is 1.60. The zero-order valence-corrected chi connectivity index (χ0v) is 9.88. The average molecular weight is 284 g/mol. The van der Waals surface area contributed by atoms with E-state index in [-0.39, 0.29) is 5.69 Å². The molecule has 0 fully saturated rings. The number of hydrogen-bond donors (Lipinski definition) is 2. The molecule has 0 aromatic heterocycles. The number of nitrogens with two attached hydrogens (primary N) is 1. The minimum atomic E-state index is -1.11. The van der Waals surface area contributed by atoms with Crippen LogP contribution in [0.25, 0.3) is 0 Å². The van der Waals surface area contributed by atoms with Gasteiger partial charge in [-0.1, -0.05) is 0 Å². The number of carbonyl (C=O) groups is 1. The predicted octanol–water partition coefficient (Wildman–Crippen LogP) is 3.08. The van der Waals surface area contributed by atoms with Crippen molar-refractivity contribution in [3.05, 3.63) is 59.2 Å². The zero-order chi connectivity index (χ0) is 14.9. The summed E-state index contributed by atoms with van der Waals surface area (Å²) in [7, 11) is 0. The number of amides is 1. The molecule has 2 aromatic carbocycles. The third-order valence-electron chi connectivity index (χ3n) is 2.43. The average Bonchev–Trinajstić information content (AvgIpc) is 2.32. The SMILES string of the molecule is Nc1cc(F)cc(C(=O)Nc2cc(F)cc(F)c2)c1F. The smallest absolute Gasteiger partial charge is 0.258 e. The van der Waals surface area contributed by atoms with Crippen LogP contribution >= 0.6 is 0 Å². The van der Waals surface area contributed by atoms with Crippen molar-refractivity contribution in [2.45, 2.75) is 0 Å². The molecular weight excluding hydrogens is 276 g/mol. The lowest BCUT2D eigenvalue weighted by Gasteiger charge is -2.08. The fourth-order valence-corrected chi connectivity index (χ4v) is 1.60. The molecule has 0 saturated heterocycles. The minimum Gasteiger partial charge on any atom is -0.396 e. The van der Waals surface area contributed by atoms with Gasteiger partial charge in [-0.05, 0) is 24.3 Å². The number of anilines is 2. The van der Waals surface area contributed by atoms with E-state index in [0.29, 0.717) is 18.2 Å². The van der Waals surface area contributed by atoms with Crippen LogP contribution in [0.5, 0.6) is 0 Å². The molecule has 3 nitrogen and oxygen atoms in total. The highest BCUT2D eigenvalue weighted by atomic mass is 19.1. The van der Waals surface area contributed by atoms with Crippen molar-refractivity contribution < 1.29 is 22.4 Å².